The molecule has 1 saturated carbocycles. The third-order valence-corrected chi connectivity index (χ3v) is 6.00. The van der Waals surface area contributed by atoms with Gasteiger partial charge in [0, 0.05) is 48.7 Å². The minimum atomic E-state index is 0. The fourth-order valence-corrected chi connectivity index (χ4v) is 4.44. The maximum atomic E-state index is 12.4. The number of aryl methyl sites for hydroxylation is 1. The van der Waals surface area contributed by atoms with E-state index in [-0.39, 0.29) is 47.9 Å². The lowest BCUT2D eigenvalue weighted by atomic mass is 9.85. The molecule has 7 heteroatoms. The molecule has 0 radical (unpaired) electrons. The van der Waals surface area contributed by atoms with Crippen molar-refractivity contribution in [2.24, 2.45) is 10.9 Å². The number of halogens is 1. The van der Waals surface area contributed by atoms with Crippen molar-refractivity contribution < 1.29 is 4.79 Å². The lowest BCUT2D eigenvalue weighted by Gasteiger charge is -2.30. The van der Waals surface area contributed by atoms with E-state index in [1.54, 1.807) is 7.05 Å². The molecule has 1 aromatic heterocycles. The van der Waals surface area contributed by atoms with Crippen LogP contribution in [0.25, 0.3) is 10.9 Å². The van der Waals surface area contributed by atoms with E-state index in [2.05, 4.69) is 57.2 Å². The first-order valence-electron chi connectivity index (χ1n) is 11.4. The van der Waals surface area contributed by atoms with E-state index in [4.69, 9.17) is 0 Å². The van der Waals surface area contributed by atoms with Crippen LogP contribution in [0.3, 0.4) is 0 Å². The van der Waals surface area contributed by atoms with Gasteiger partial charge in [0.1, 0.15) is 0 Å². The molecular weight excluding hydrogens is 501 g/mol. The fourth-order valence-electron chi connectivity index (χ4n) is 4.44. The number of amides is 1. The molecule has 1 aromatic carbocycles. The Balaban J connectivity index is 0.00000341. The van der Waals surface area contributed by atoms with Gasteiger partial charge in [-0.2, -0.15) is 0 Å². The molecule has 31 heavy (non-hydrogen) atoms. The number of benzene rings is 1. The van der Waals surface area contributed by atoms with Crippen molar-refractivity contribution in [1.82, 2.24) is 20.9 Å². The van der Waals surface area contributed by atoms with Crippen LogP contribution in [0, 0.1) is 5.92 Å². The van der Waals surface area contributed by atoms with Crippen molar-refractivity contribution in [3.8, 4) is 0 Å². The lowest BCUT2D eigenvalue weighted by Crippen LogP contribution is -2.47. The largest absolute Gasteiger partial charge is 0.361 e. The number of aromatic amines is 1. The molecule has 2 atom stereocenters. The monoisotopic (exact) mass is 539 g/mol. The Kier molecular flexibility index (Phi) is 10.1. The van der Waals surface area contributed by atoms with E-state index < -0.39 is 0 Å². The van der Waals surface area contributed by atoms with Crippen LogP contribution in [0.1, 0.15) is 57.6 Å². The summed E-state index contributed by atoms with van der Waals surface area (Å²) in [5.74, 6) is 1.10. The van der Waals surface area contributed by atoms with E-state index in [1.807, 2.05) is 13.8 Å². The van der Waals surface area contributed by atoms with Gasteiger partial charge in [-0.25, -0.2) is 0 Å². The number of hydrogen-bond donors (Lipinski definition) is 4. The fraction of sp³-hybridized carbons (Fsp3) is 0.583. The number of carbonyl (C=O) groups excluding carboxylic acids is 1. The Bertz CT molecular complexity index is 876. The first-order chi connectivity index (χ1) is 14.5. The number of guanidine groups is 1. The van der Waals surface area contributed by atoms with E-state index in [0.29, 0.717) is 0 Å². The van der Waals surface area contributed by atoms with Gasteiger partial charge < -0.3 is 20.9 Å². The summed E-state index contributed by atoms with van der Waals surface area (Å²) in [5.41, 5.74) is 3.94. The first kappa shape index (κ1) is 25.5. The average Bonchev–Trinajstić information content (AvgIpc) is 3.16. The van der Waals surface area contributed by atoms with Crippen LogP contribution in [0.15, 0.2) is 29.4 Å². The highest BCUT2D eigenvalue weighted by molar-refractivity contribution is 14.0. The predicted molar refractivity (Wildman–Crippen MR) is 140 cm³/mol. The number of hydrogen-bond acceptors (Lipinski definition) is 2. The number of aromatic nitrogens is 1. The zero-order valence-corrected chi connectivity index (χ0v) is 21.6. The molecule has 1 aliphatic rings. The van der Waals surface area contributed by atoms with Crippen molar-refractivity contribution in [3.63, 3.8) is 0 Å². The highest BCUT2D eigenvalue weighted by Gasteiger charge is 2.28. The lowest BCUT2D eigenvalue weighted by molar-refractivity contribution is -0.126. The molecule has 0 bridgehead atoms. The smallest absolute Gasteiger partial charge is 0.223 e. The summed E-state index contributed by atoms with van der Waals surface area (Å²) in [6.45, 7) is 7.03. The van der Waals surface area contributed by atoms with Gasteiger partial charge in [0.05, 0.1) is 0 Å². The second-order valence-electron chi connectivity index (χ2n) is 8.62. The van der Waals surface area contributed by atoms with Crippen LogP contribution in [0.5, 0.6) is 0 Å². The predicted octanol–water partition coefficient (Wildman–Crippen LogP) is 4.14. The van der Waals surface area contributed by atoms with Crippen LogP contribution < -0.4 is 16.0 Å². The number of nitrogens with one attached hydrogen (secondary N) is 4. The molecule has 2 aromatic rings. The van der Waals surface area contributed by atoms with Gasteiger partial charge in [-0.1, -0.05) is 31.5 Å². The Morgan fingerprint density at radius 2 is 2.06 bits per heavy atom. The minimum Gasteiger partial charge on any atom is -0.361 e. The average molecular weight is 540 g/mol. The maximum absolute atomic E-state index is 12.4. The number of carbonyl (C=O) groups is 1. The topological polar surface area (TPSA) is 81.3 Å². The number of rotatable bonds is 7. The van der Waals surface area contributed by atoms with Crippen molar-refractivity contribution in [2.45, 2.75) is 71.4 Å². The van der Waals surface area contributed by atoms with Crippen LogP contribution in [0.2, 0.25) is 0 Å². The zero-order chi connectivity index (χ0) is 21.5. The molecule has 0 spiro atoms. The van der Waals surface area contributed by atoms with Crippen molar-refractivity contribution >= 4 is 46.7 Å². The highest BCUT2D eigenvalue weighted by atomic mass is 127. The standard InChI is InChI=1S/C24H37N5O.HI/c1-5-17-8-7-11-21-19(15-27-22(17)21)12-13-26-24(25-4)29-20-10-6-9-18(14-20)23(30)28-16(2)3;/h7-8,11,15-16,18,20,27H,5-6,9-10,12-14H2,1-4H3,(H,28,30)(H2,25,26,29);1H. The summed E-state index contributed by atoms with van der Waals surface area (Å²) in [6.07, 6.45) is 8.07. The number of nitrogens with zero attached hydrogens (tertiary/aromatic N) is 1. The summed E-state index contributed by atoms with van der Waals surface area (Å²) in [6, 6.07) is 7.00. The van der Waals surface area contributed by atoms with E-state index in [0.717, 1.165) is 51.0 Å². The summed E-state index contributed by atoms with van der Waals surface area (Å²) in [4.78, 5) is 20.2. The Morgan fingerprint density at radius 1 is 1.26 bits per heavy atom. The van der Waals surface area contributed by atoms with Gasteiger partial charge in [-0.3, -0.25) is 9.79 Å². The van der Waals surface area contributed by atoms with Crippen LogP contribution >= 0.6 is 24.0 Å². The van der Waals surface area contributed by atoms with Crippen LogP contribution in [0.4, 0.5) is 0 Å². The zero-order valence-electron chi connectivity index (χ0n) is 19.3. The second-order valence-corrected chi connectivity index (χ2v) is 8.62. The molecule has 0 saturated heterocycles. The van der Waals surface area contributed by atoms with E-state index in [1.165, 1.54) is 22.0 Å². The molecule has 0 aliphatic heterocycles. The van der Waals surface area contributed by atoms with E-state index >= 15 is 0 Å². The Labute approximate surface area is 203 Å². The van der Waals surface area contributed by atoms with Gasteiger partial charge >= 0.3 is 0 Å². The molecule has 3 rings (SSSR count). The molecule has 1 fully saturated rings. The quantitative estimate of drug-likeness (QED) is 0.243. The normalized spacial score (nSPS) is 19.2. The molecule has 2 unspecified atom stereocenters. The number of H-pyrrole nitrogens is 1. The molecule has 4 N–H and O–H groups in total. The van der Waals surface area contributed by atoms with Gasteiger partial charge in [0.25, 0.3) is 0 Å². The summed E-state index contributed by atoms with van der Waals surface area (Å²) < 4.78 is 0. The summed E-state index contributed by atoms with van der Waals surface area (Å²) in [5, 5.41) is 11.3. The number of para-hydroxylation sites is 1. The molecule has 172 valence electrons. The van der Waals surface area contributed by atoms with E-state index in [9.17, 15) is 4.79 Å². The molecule has 1 aliphatic carbocycles. The third kappa shape index (κ3) is 6.85. The van der Waals surface area contributed by atoms with Gasteiger partial charge in [-0.05, 0) is 57.1 Å². The van der Waals surface area contributed by atoms with Crippen molar-refractivity contribution in [3.05, 3.63) is 35.5 Å². The van der Waals surface area contributed by atoms with Crippen LogP contribution in [-0.2, 0) is 17.6 Å². The molecule has 1 amide bonds. The van der Waals surface area contributed by atoms with Crippen LogP contribution in [-0.4, -0.2) is 42.5 Å². The SMILES string of the molecule is CCc1cccc2c(CCNC(=NC)NC3CCCC(C(=O)NC(C)C)C3)c[nH]c12.I. The molecular formula is C24H38IN5O. The molecule has 6 nitrogen and oxygen atoms in total. The Hall–Kier alpha value is -1.77. The first-order valence-corrected chi connectivity index (χ1v) is 11.4. The summed E-state index contributed by atoms with van der Waals surface area (Å²) >= 11 is 0. The highest BCUT2D eigenvalue weighted by Crippen LogP contribution is 2.25. The minimum absolute atomic E-state index is 0. The van der Waals surface area contributed by atoms with Crippen molar-refractivity contribution in [1.29, 1.82) is 0 Å². The van der Waals surface area contributed by atoms with Crippen molar-refractivity contribution in [2.75, 3.05) is 13.6 Å². The molecule has 1 heterocycles. The van der Waals surface area contributed by atoms with Gasteiger partial charge in [-0.15, -0.1) is 24.0 Å². The maximum Gasteiger partial charge on any atom is 0.223 e. The van der Waals surface area contributed by atoms with Gasteiger partial charge in [0.15, 0.2) is 5.96 Å². The third-order valence-electron chi connectivity index (χ3n) is 6.00. The Morgan fingerprint density at radius 3 is 2.77 bits per heavy atom. The number of fused-ring (bicyclic) bond motifs is 1. The number of aliphatic imine (C=N–C) groups is 1. The summed E-state index contributed by atoms with van der Waals surface area (Å²) in [7, 11) is 1.81. The van der Waals surface area contributed by atoms with Gasteiger partial charge in [0.2, 0.25) is 5.91 Å². The second kappa shape index (κ2) is 12.3.